The SMILES string of the molecule is COP(=O)(O)OCC(CO)CCCCNC(=O)CCCCCCCCCCCNC(=O)[C@H](CCCCNC(=O)CCOCCOC1OC(CO)C(O)C(O)C1C)NC(=O)[C@H](CCCCNC(=O)CCOCCOC1OC(CO)C(O)C(O)C1C)NC(=O)CCOCCOC1OC(CO)C(O)C(O)C1C. The number of rotatable bonds is 60. The lowest BCUT2D eigenvalue weighted by Gasteiger charge is -2.40. The van der Waals surface area contributed by atoms with E-state index < -0.39 is 149 Å². The first-order chi connectivity index (χ1) is 49.9. The first-order valence-electron chi connectivity index (χ1n) is 37.2. The summed E-state index contributed by atoms with van der Waals surface area (Å²) >= 11 is 0. The van der Waals surface area contributed by atoms with Crippen molar-refractivity contribution in [1.82, 2.24) is 31.9 Å². The van der Waals surface area contributed by atoms with Crippen LogP contribution in [0.25, 0.3) is 0 Å². The maximum atomic E-state index is 14.3. The molecule has 6 amide bonds. The van der Waals surface area contributed by atoms with Crippen molar-refractivity contribution in [3.63, 3.8) is 0 Å². The number of unbranched alkanes of at least 4 members (excludes halogenated alkanes) is 11. The first-order valence-corrected chi connectivity index (χ1v) is 38.7. The largest absolute Gasteiger partial charge is 0.471 e. The van der Waals surface area contributed by atoms with Crippen molar-refractivity contribution >= 4 is 43.3 Å². The molecule has 17 N–H and O–H groups in total. The van der Waals surface area contributed by atoms with Gasteiger partial charge in [0.25, 0.3) is 0 Å². The van der Waals surface area contributed by atoms with Gasteiger partial charge in [0.2, 0.25) is 35.4 Å². The number of carbonyl (C=O) groups excluding carboxylic acids is 6. The molecule has 3 saturated heterocycles. The minimum Gasteiger partial charge on any atom is -0.396 e. The standard InChI is InChI=1S/C68H127N6O29P/c1-45-58(83)61(86)51(41-76)101-66(45)97-37-34-94-31-24-55(80)70-28-18-14-21-49(64(89)72-30-16-11-9-7-5-6-8-10-12-23-54(79)69-27-17-13-20-48(40-75)44-100-104(91,92)93-4)74-65(90)50(73-57(82)26-33-96-36-39-99-68-47(3)60(85)63(88)53(43-78)103-68)22-15-19-29-71-56(81)25-32-95-35-38-98-67-46(2)59(84)62(87)52(42-77)102-67/h45-53,58-63,66-68,75-78,83-88H,5-44H2,1-4H3,(H,69,79)(H,70,80)(H,71,81)(H,72,89)(H,73,82)(H,74,90)(H,91,92)/t45?,46?,47?,48?,49-,50-,51?,52?,53?,58?,59?,60?,61?,62?,63?,66?,67?,68?/m0/s1. The van der Waals surface area contributed by atoms with E-state index >= 15 is 0 Å². The van der Waals surface area contributed by atoms with Crippen LogP contribution in [-0.4, -0.2) is 303 Å². The number of carbonyl (C=O) groups is 6. The van der Waals surface area contributed by atoms with Gasteiger partial charge in [-0.25, -0.2) is 4.57 Å². The number of hydrogen-bond donors (Lipinski definition) is 17. The fourth-order valence-electron chi connectivity index (χ4n) is 11.7. The molecule has 17 unspecified atom stereocenters. The molecule has 3 rings (SSSR count). The fraction of sp³-hybridized carbons (Fsp3) is 0.912. The molecule has 0 aromatic heterocycles. The molecule has 3 fully saturated rings. The zero-order valence-corrected chi connectivity index (χ0v) is 62.3. The van der Waals surface area contributed by atoms with Gasteiger partial charge in [0.15, 0.2) is 18.9 Å². The monoisotopic (exact) mass is 1520 g/mol. The molecule has 0 bridgehead atoms. The predicted molar refractivity (Wildman–Crippen MR) is 372 cm³/mol. The van der Waals surface area contributed by atoms with Crippen molar-refractivity contribution in [3.8, 4) is 0 Å². The van der Waals surface area contributed by atoms with Crippen molar-refractivity contribution in [3.05, 3.63) is 0 Å². The van der Waals surface area contributed by atoms with E-state index in [-0.39, 0.29) is 142 Å². The summed E-state index contributed by atoms with van der Waals surface area (Å²) in [6.45, 7) is 4.70. The molecule has 0 aliphatic carbocycles. The second kappa shape index (κ2) is 55.5. The molecule has 3 heterocycles. The van der Waals surface area contributed by atoms with Gasteiger partial charge in [-0.3, -0.25) is 37.8 Å². The Morgan fingerprint density at radius 1 is 0.404 bits per heavy atom. The Kier molecular flexibility index (Phi) is 50.4. The van der Waals surface area contributed by atoms with Gasteiger partial charge in [0, 0.05) is 89.3 Å². The zero-order chi connectivity index (χ0) is 76.7. The van der Waals surface area contributed by atoms with E-state index in [1.54, 1.807) is 20.8 Å². The second-order valence-corrected chi connectivity index (χ2v) is 28.4. The molecule has 3 aliphatic heterocycles. The predicted octanol–water partition coefficient (Wildman–Crippen LogP) is -1.30. The maximum absolute atomic E-state index is 14.3. The molecular weight excluding hydrogens is 1400 g/mol. The molecule has 0 aromatic carbocycles. The van der Waals surface area contributed by atoms with Gasteiger partial charge in [-0.05, 0) is 64.2 Å². The third-order valence-electron chi connectivity index (χ3n) is 18.5. The zero-order valence-electron chi connectivity index (χ0n) is 61.4. The summed E-state index contributed by atoms with van der Waals surface area (Å²) in [4.78, 5) is 89.1. The van der Waals surface area contributed by atoms with Crippen molar-refractivity contribution in [2.75, 3.05) is 126 Å². The lowest BCUT2D eigenvalue weighted by Crippen LogP contribution is -2.55. The van der Waals surface area contributed by atoms with Gasteiger partial charge in [0.05, 0.1) is 104 Å². The minimum absolute atomic E-state index is 0.00971. The van der Waals surface area contributed by atoms with Gasteiger partial charge in [-0.2, -0.15) is 0 Å². The lowest BCUT2D eigenvalue weighted by atomic mass is 9.92. The molecule has 0 spiro atoms. The quantitative estimate of drug-likeness (QED) is 0.0249. The summed E-state index contributed by atoms with van der Waals surface area (Å²) in [5, 5.41) is 117. The summed E-state index contributed by atoms with van der Waals surface area (Å²) in [7, 11) is -3.05. The summed E-state index contributed by atoms with van der Waals surface area (Å²) in [5.74, 6) is -4.31. The minimum atomic E-state index is -4.12. The van der Waals surface area contributed by atoms with Gasteiger partial charge in [-0.15, -0.1) is 0 Å². The Morgan fingerprint density at radius 3 is 1.14 bits per heavy atom. The Labute approximate surface area is 611 Å². The van der Waals surface area contributed by atoms with E-state index in [0.29, 0.717) is 70.9 Å². The van der Waals surface area contributed by atoms with Crippen molar-refractivity contribution in [2.24, 2.45) is 23.7 Å². The molecule has 104 heavy (non-hydrogen) atoms. The molecular formula is C68H127N6O29P. The third kappa shape index (κ3) is 38.5. The Bertz CT molecular complexity index is 2380. The number of ether oxygens (including phenoxy) is 9. The highest BCUT2D eigenvalue weighted by atomic mass is 31.2. The molecule has 0 radical (unpaired) electrons. The highest BCUT2D eigenvalue weighted by Crippen LogP contribution is 2.42. The summed E-state index contributed by atoms with van der Waals surface area (Å²) in [6, 6.07) is -2.15. The average molecular weight is 1520 g/mol. The Balaban J connectivity index is 1.52. The van der Waals surface area contributed by atoms with Gasteiger partial charge < -0.3 is 130 Å². The van der Waals surface area contributed by atoms with Crippen LogP contribution in [0.3, 0.4) is 0 Å². The first kappa shape index (κ1) is 94.4. The number of nitrogens with one attached hydrogen (secondary N) is 6. The van der Waals surface area contributed by atoms with Crippen LogP contribution in [0.1, 0.15) is 162 Å². The number of aliphatic hydroxyl groups is 10. The second-order valence-electron chi connectivity index (χ2n) is 26.8. The van der Waals surface area contributed by atoms with Gasteiger partial charge in [-0.1, -0.05) is 72.1 Å². The number of aliphatic hydroxyl groups excluding tert-OH is 10. The van der Waals surface area contributed by atoms with Crippen LogP contribution in [0.2, 0.25) is 0 Å². The highest BCUT2D eigenvalue weighted by molar-refractivity contribution is 7.47. The number of hydrogen-bond acceptors (Lipinski definition) is 28. The van der Waals surface area contributed by atoms with E-state index in [1.807, 2.05) is 0 Å². The van der Waals surface area contributed by atoms with Crippen LogP contribution < -0.4 is 31.9 Å². The molecule has 19 atom stereocenters. The van der Waals surface area contributed by atoms with Crippen LogP contribution in [-0.2, 0) is 85.0 Å². The van der Waals surface area contributed by atoms with E-state index in [2.05, 4.69) is 36.4 Å². The van der Waals surface area contributed by atoms with Crippen LogP contribution in [0.5, 0.6) is 0 Å². The Morgan fingerprint density at radius 2 is 0.750 bits per heavy atom. The molecule has 608 valence electrons. The number of phosphoric ester groups is 1. The number of phosphoric acid groups is 1. The van der Waals surface area contributed by atoms with Crippen molar-refractivity contribution < 1.29 is 141 Å². The number of amides is 6. The van der Waals surface area contributed by atoms with E-state index in [4.69, 9.17) is 47.2 Å². The van der Waals surface area contributed by atoms with Gasteiger partial charge >= 0.3 is 7.82 Å². The topological polar surface area (TPSA) is 516 Å². The maximum Gasteiger partial charge on any atom is 0.471 e. The van der Waals surface area contributed by atoms with Crippen molar-refractivity contribution in [2.45, 2.75) is 248 Å². The molecule has 36 heteroatoms. The normalized spacial score (nSPS) is 26.4. The molecule has 3 aliphatic rings. The highest BCUT2D eigenvalue weighted by Gasteiger charge is 2.45. The fourth-order valence-corrected chi connectivity index (χ4v) is 12.2. The summed E-state index contributed by atoms with van der Waals surface area (Å²) in [5.41, 5.74) is 0. The van der Waals surface area contributed by atoms with E-state index in [9.17, 15) is 89.3 Å². The lowest BCUT2D eigenvalue weighted by molar-refractivity contribution is -0.284. The summed E-state index contributed by atoms with van der Waals surface area (Å²) < 4.78 is 71.3. The average Bonchev–Trinajstić information content (AvgIpc) is 0.833. The van der Waals surface area contributed by atoms with Crippen LogP contribution >= 0.6 is 7.82 Å². The Hall–Kier alpha value is -3.83. The van der Waals surface area contributed by atoms with Crippen LogP contribution in [0.15, 0.2) is 0 Å². The molecule has 0 saturated carbocycles. The van der Waals surface area contributed by atoms with Crippen LogP contribution in [0, 0.1) is 23.7 Å². The van der Waals surface area contributed by atoms with E-state index in [1.165, 1.54) is 0 Å². The molecule has 35 nitrogen and oxygen atoms in total. The smallest absolute Gasteiger partial charge is 0.396 e. The van der Waals surface area contributed by atoms with E-state index in [0.717, 1.165) is 58.5 Å². The summed E-state index contributed by atoms with van der Waals surface area (Å²) in [6.07, 6.45) is -0.846. The van der Waals surface area contributed by atoms with Crippen molar-refractivity contribution in [1.29, 1.82) is 0 Å². The van der Waals surface area contributed by atoms with Crippen LogP contribution in [0.4, 0.5) is 0 Å². The van der Waals surface area contributed by atoms with Gasteiger partial charge in [0.1, 0.15) is 48.7 Å². The molecule has 0 aromatic rings. The third-order valence-corrected chi connectivity index (χ3v) is 19.4.